The second kappa shape index (κ2) is 5.71. The number of carbonyl (C=O) groups excluding carboxylic acids is 1. The highest BCUT2D eigenvalue weighted by Gasteiger charge is 2.25. The van der Waals surface area contributed by atoms with Gasteiger partial charge in [-0.15, -0.1) is 0 Å². The van der Waals surface area contributed by atoms with Gasteiger partial charge in [-0.25, -0.2) is 4.98 Å². The first-order valence-electron chi connectivity index (χ1n) is 6.88. The summed E-state index contributed by atoms with van der Waals surface area (Å²) in [6.07, 6.45) is 3.53. The summed E-state index contributed by atoms with van der Waals surface area (Å²) >= 11 is 0. The molecule has 0 saturated carbocycles. The lowest BCUT2D eigenvalue weighted by Gasteiger charge is -2.25. The van der Waals surface area contributed by atoms with Gasteiger partial charge in [0.15, 0.2) is 11.6 Å². The molecule has 3 heterocycles. The van der Waals surface area contributed by atoms with Crippen LogP contribution in [0.4, 0.5) is 0 Å². The molecule has 2 aliphatic heterocycles. The number of piperidine rings is 1. The maximum Gasteiger partial charge on any atom is 0.275 e. The molecule has 0 aliphatic carbocycles. The van der Waals surface area contributed by atoms with Gasteiger partial charge in [-0.05, 0) is 25.9 Å². The van der Waals surface area contributed by atoms with Gasteiger partial charge in [-0.2, -0.15) is 0 Å². The van der Waals surface area contributed by atoms with Crippen molar-refractivity contribution in [1.82, 2.24) is 15.2 Å². The summed E-state index contributed by atoms with van der Waals surface area (Å²) in [6.45, 7) is 4.44. The molecular formula is C13H19N3O3. The van der Waals surface area contributed by atoms with Crippen LogP contribution >= 0.6 is 0 Å². The molecule has 2 saturated heterocycles. The maximum atomic E-state index is 12.2. The Morgan fingerprint density at radius 1 is 1.32 bits per heavy atom. The number of hydrogen-bond acceptors (Lipinski definition) is 5. The number of nitrogens with zero attached hydrogens (tertiary/aromatic N) is 2. The van der Waals surface area contributed by atoms with Crippen LogP contribution < -0.4 is 5.32 Å². The van der Waals surface area contributed by atoms with Crippen LogP contribution in [0, 0.1) is 0 Å². The van der Waals surface area contributed by atoms with Crippen LogP contribution in [-0.4, -0.2) is 55.2 Å². The van der Waals surface area contributed by atoms with E-state index in [0.29, 0.717) is 43.8 Å². The van der Waals surface area contributed by atoms with Gasteiger partial charge in [0, 0.05) is 19.0 Å². The van der Waals surface area contributed by atoms with Crippen LogP contribution in [0.5, 0.6) is 0 Å². The predicted octanol–water partition coefficient (Wildman–Crippen LogP) is 0.614. The molecule has 19 heavy (non-hydrogen) atoms. The summed E-state index contributed by atoms with van der Waals surface area (Å²) in [5.74, 6) is 0.998. The third-order valence-corrected chi connectivity index (χ3v) is 3.73. The van der Waals surface area contributed by atoms with E-state index in [1.807, 2.05) is 0 Å². The van der Waals surface area contributed by atoms with E-state index in [1.165, 1.54) is 6.26 Å². The van der Waals surface area contributed by atoms with Crippen molar-refractivity contribution < 1.29 is 13.9 Å². The smallest absolute Gasteiger partial charge is 0.275 e. The molecule has 0 unspecified atom stereocenters. The molecule has 0 bridgehead atoms. The molecule has 1 aromatic rings. The highest BCUT2D eigenvalue weighted by Crippen LogP contribution is 2.24. The molecule has 1 aromatic heterocycles. The van der Waals surface area contributed by atoms with Crippen molar-refractivity contribution in [3.63, 3.8) is 0 Å². The summed E-state index contributed by atoms with van der Waals surface area (Å²) in [5.41, 5.74) is 0.426. The number of aromatic nitrogens is 1. The van der Waals surface area contributed by atoms with E-state index in [0.717, 1.165) is 25.9 Å². The van der Waals surface area contributed by atoms with Gasteiger partial charge in [-0.3, -0.25) is 4.79 Å². The van der Waals surface area contributed by atoms with Gasteiger partial charge >= 0.3 is 0 Å². The Kier molecular flexibility index (Phi) is 3.79. The quantitative estimate of drug-likeness (QED) is 0.848. The summed E-state index contributed by atoms with van der Waals surface area (Å²) in [4.78, 5) is 18.4. The zero-order valence-corrected chi connectivity index (χ0v) is 10.9. The topological polar surface area (TPSA) is 67.6 Å². The first-order chi connectivity index (χ1) is 9.34. The largest absolute Gasteiger partial charge is 0.448 e. The molecule has 6 heteroatoms. The van der Waals surface area contributed by atoms with Gasteiger partial charge in [0.25, 0.3) is 5.91 Å². The Bertz CT molecular complexity index is 434. The lowest BCUT2D eigenvalue weighted by Crippen LogP contribution is -2.40. The van der Waals surface area contributed by atoms with Gasteiger partial charge in [-0.1, -0.05) is 0 Å². The van der Waals surface area contributed by atoms with Gasteiger partial charge < -0.3 is 19.4 Å². The number of carbonyl (C=O) groups is 1. The van der Waals surface area contributed by atoms with E-state index < -0.39 is 0 Å². The predicted molar refractivity (Wildman–Crippen MR) is 68.1 cm³/mol. The van der Waals surface area contributed by atoms with Gasteiger partial charge in [0.1, 0.15) is 6.26 Å². The highest BCUT2D eigenvalue weighted by atomic mass is 16.5. The zero-order chi connectivity index (χ0) is 13.1. The number of rotatable bonds is 2. The Labute approximate surface area is 112 Å². The first-order valence-corrected chi connectivity index (χ1v) is 6.88. The van der Waals surface area contributed by atoms with E-state index in [9.17, 15) is 4.79 Å². The van der Waals surface area contributed by atoms with Crippen molar-refractivity contribution in [2.24, 2.45) is 0 Å². The zero-order valence-electron chi connectivity index (χ0n) is 10.9. The minimum atomic E-state index is -0.0489. The normalized spacial score (nSPS) is 21.6. The van der Waals surface area contributed by atoms with E-state index in [-0.39, 0.29) is 5.91 Å². The van der Waals surface area contributed by atoms with E-state index >= 15 is 0 Å². The molecule has 0 spiro atoms. The lowest BCUT2D eigenvalue weighted by atomic mass is 9.98. The molecule has 0 aromatic carbocycles. The van der Waals surface area contributed by atoms with E-state index in [1.54, 1.807) is 4.90 Å². The molecular weight excluding hydrogens is 246 g/mol. The Balaban J connectivity index is 1.67. The van der Waals surface area contributed by atoms with Crippen molar-refractivity contribution in [3.8, 4) is 0 Å². The van der Waals surface area contributed by atoms with Crippen LogP contribution in [0.25, 0.3) is 0 Å². The van der Waals surface area contributed by atoms with Crippen molar-refractivity contribution in [3.05, 3.63) is 17.8 Å². The molecule has 6 nitrogen and oxygen atoms in total. The van der Waals surface area contributed by atoms with Crippen LogP contribution in [0.15, 0.2) is 10.7 Å². The number of oxazole rings is 1. The second-order valence-corrected chi connectivity index (χ2v) is 5.00. The van der Waals surface area contributed by atoms with Crippen LogP contribution in [-0.2, 0) is 4.74 Å². The molecule has 0 atom stereocenters. The van der Waals surface area contributed by atoms with Crippen LogP contribution in [0.2, 0.25) is 0 Å². The Hall–Kier alpha value is -1.40. The van der Waals surface area contributed by atoms with Crippen LogP contribution in [0.1, 0.15) is 35.1 Å². The van der Waals surface area contributed by atoms with Crippen molar-refractivity contribution >= 4 is 5.91 Å². The number of amides is 1. The second-order valence-electron chi connectivity index (χ2n) is 5.00. The number of nitrogens with one attached hydrogen (secondary N) is 1. The molecule has 0 radical (unpaired) electrons. The van der Waals surface area contributed by atoms with Gasteiger partial charge in [0.2, 0.25) is 0 Å². The lowest BCUT2D eigenvalue weighted by molar-refractivity contribution is 0.0299. The fourth-order valence-corrected chi connectivity index (χ4v) is 2.57. The fourth-order valence-electron chi connectivity index (χ4n) is 2.57. The average Bonchev–Trinajstić information content (AvgIpc) is 2.98. The molecule has 104 valence electrons. The maximum absolute atomic E-state index is 12.2. The molecule has 1 N–H and O–H groups in total. The van der Waals surface area contributed by atoms with Crippen molar-refractivity contribution in [2.75, 3.05) is 39.4 Å². The SMILES string of the molecule is O=C(c1coc(C2CCNCC2)n1)N1CCOCC1. The molecule has 2 fully saturated rings. The van der Waals surface area contributed by atoms with E-state index in [4.69, 9.17) is 9.15 Å². The third-order valence-electron chi connectivity index (χ3n) is 3.73. The van der Waals surface area contributed by atoms with E-state index in [2.05, 4.69) is 10.3 Å². The van der Waals surface area contributed by atoms with Crippen molar-refractivity contribution in [2.45, 2.75) is 18.8 Å². The average molecular weight is 265 g/mol. The fraction of sp³-hybridized carbons (Fsp3) is 0.692. The third kappa shape index (κ3) is 2.79. The first kappa shape index (κ1) is 12.6. The summed E-state index contributed by atoms with van der Waals surface area (Å²) < 4.78 is 10.7. The minimum Gasteiger partial charge on any atom is -0.448 e. The van der Waals surface area contributed by atoms with Gasteiger partial charge in [0.05, 0.1) is 13.2 Å². The Morgan fingerprint density at radius 3 is 2.79 bits per heavy atom. The number of morpholine rings is 1. The molecule has 1 amide bonds. The summed E-state index contributed by atoms with van der Waals surface area (Å²) in [6, 6.07) is 0. The van der Waals surface area contributed by atoms with Crippen molar-refractivity contribution in [1.29, 1.82) is 0 Å². The van der Waals surface area contributed by atoms with Crippen LogP contribution in [0.3, 0.4) is 0 Å². The Morgan fingerprint density at radius 2 is 2.05 bits per heavy atom. The monoisotopic (exact) mass is 265 g/mol. The standard InChI is InChI=1S/C13H19N3O3/c17-13(16-5-7-18-8-6-16)11-9-19-12(15-11)10-1-3-14-4-2-10/h9-10,14H,1-8H2. The summed E-state index contributed by atoms with van der Waals surface area (Å²) in [7, 11) is 0. The number of hydrogen-bond donors (Lipinski definition) is 1. The number of ether oxygens (including phenoxy) is 1. The molecule has 2 aliphatic rings. The summed E-state index contributed by atoms with van der Waals surface area (Å²) in [5, 5.41) is 3.31. The highest BCUT2D eigenvalue weighted by molar-refractivity contribution is 5.92. The minimum absolute atomic E-state index is 0.0489. The molecule has 3 rings (SSSR count).